The largest absolute Gasteiger partial charge is 0.349 e. The summed E-state index contributed by atoms with van der Waals surface area (Å²) in [5.41, 5.74) is 0. The van der Waals surface area contributed by atoms with E-state index in [9.17, 15) is 8.42 Å². The molecule has 0 saturated carbocycles. The SMILES string of the molecule is CCS(=O)(=O)NC[C@@H](C)NCCc1ncc[nH]1. The second-order valence-corrected chi connectivity index (χ2v) is 5.99. The molecular weight excluding hydrogens is 240 g/mol. The van der Waals surface area contributed by atoms with E-state index in [0.717, 1.165) is 18.8 Å². The van der Waals surface area contributed by atoms with Crippen molar-refractivity contribution in [3.63, 3.8) is 0 Å². The number of nitrogens with one attached hydrogen (secondary N) is 3. The third-order valence-corrected chi connectivity index (χ3v) is 3.77. The van der Waals surface area contributed by atoms with E-state index in [2.05, 4.69) is 20.0 Å². The van der Waals surface area contributed by atoms with Gasteiger partial charge in [0.25, 0.3) is 0 Å². The Balaban J connectivity index is 2.15. The van der Waals surface area contributed by atoms with E-state index in [0.29, 0.717) is 6.54 Å². The smallest absolute Gasteiger partial charge is 0.211 e. The van der Waals surface area contributed by atoms with Crippen LogP contribution in [0.1, 0.15) is 19.7 Å². The Morgan fingerprint density at radius 2 is 2.29 bits per heavy atom. The van der Waals surface area contributed by atoms with E-state index >= 15 is 0 Å². The summed E-state index contributed by atoms with van der Waals surface area (Å²) in [4.78, 5) is 7.12. The molecule has 0 unspecified atom stereocenters. The van der Waals surface area contributed by atoms with Crippen LogP contribution in [-0.4, -0.2) is 43.3 Å². The van der Waals surface area contributed by atoms with E-state index in [1.807, 2.05) is 6.92 Å². The van der Waals surface area contributed by atoms with Crippen LogP contribution in [0.25, 0.3) is 0 Å². The summed E-state index contributed by atoms with van der Waals surface area (Å²) >= 11 is 0. The monoisotopic (exact) mass is 260 g/mol. The maximum Gasteiger partial charge on any atom is 0.211 e. The summed E-state index contributed by atoms with van der Waals surface area (Å²) in [5.74, 6) is 1.05. The van der Waals surface area contributed by atoms with Crippen molar-refractivity contribution in [1.82, 2.24) is 20.0 Å². The molecule has 0 bridgehead atoms. The number of sulfonamides is 1. The molecule has 0 saturated heterocycles. The number of hydrogen-bond donors (Lipinski definition) is 3. The minimum Gasteiger partial charge on any atom is -0.349 e. The van der Waals surface area contributed by atoms with Gasteiger partial charge in [-0.25, -0.2) is 18.1 Å². The average Bonchev–Trinajstić information content (AvgIpc) is 2.80. The molecule has 1 aromatic heterocycles. The fraction of sp³-hybridized carbons (Fsp3) is 0.700. The first-order chi connectivity index (χ1) is 8.03. The topological polar surface area (TPSA) is 86.9 Å². The number of aromatic amines is 1. The van der Waals surface area contributed by atoms with E-state index < -0.39 is 10.0 Å². The third-order valence-electron chi connectivity index (χ3n) is 2.40. The minimum atomic E-state index is -3.09. The Hall–Kier alpha value is -0.920. The van der Waals surface area contributed by atoms with Crippen molar-refractivity contribution in [3.05, 3.63) is 18.2 Å². The van der Waals surface area contributed by atoms with Crippen molar-refractivity contribution in [3.8, 4) is 0 Å². The quantitative estimate of drug-likeness (QED) is 0.607. The first kappa shape index (κ1) is 14.1. The summed E-state index contributed by atoms with van der Waals surface area (Å²) in [5, 5.41) is 3.23. The molecule has 3 N–H and O–H groups in total. The summed E-state index contributed by atoms with van der Waals surface area (Å²) in [6.07, 6.45) is 4.31. The van der Waals surface area contributed by atoms with Gasteiger partial charge in [-0.1, -0.05) is 0 Å². The fourth-order valence-electron chi connectivity index (χ4n) is 1.30. The van der Waals surface area contributed by atoms with Crippen molar-refractivity contribution in [2.45, 2.75) is 26.3 Å². The van der Waals surface area contributed by atoms with Crippen molar-refractivity contribution in [1.29, 1.82) is 0 Å². The number of nitrogens with zero attached hydrogens (tertiary/aromatic N) is 1. The number of imidazole rings is 1. The number of aromatic nitrogens is 2. The second kappa shape index (κ2) is 6.73. The molecule has 98 valence electrons. The molecule has 17 heavy (non-hydrogen) atoms. The molecule has 0 amide bonds. The molecule has 1 rings (SSSR count). The summed E-state index contributed by atoms with van der Waals surface area (Å²) in [7, 11) is -3.09. The van der Waals surface area contributed by atoms with E-state index in [4.69, 9.17) is 0 Å². The first-order valence-corrected chi connectivity index (χ1v) is 7.37. The van der Waals surface area contributed by atoms with Crippen LogP contribution in [0.15, 0.2) is 12.4 Å². The third kappa shape index (κ3) is 5.81. The van der Waals surface area contributed by atoms with E-state index in [1.165, 1.54) is 0 Å². The predicted octanol–water partition coefficient (Wildman–Crippen LogP) is -0.130. The highest BCUT2D eigenvalue weighted by Gasteiger charge is 2.08. The van der Waals surface area contributed by atoms with Gasteiger partial charge < -0.3 is 10.3 Å². The Labute approximate surface area is 102 Å². The Bertz CT molecular complexity index is 402. The van der Waals surface area contributed by atoms with Crippen LogP contribution in [0.4, 0.5) is 0 Å². The maximum atomic E-state index is 11.2. The molecule has 6 nitrogen and oxygen atoms in total. The van der Waals surface area contributed by atoms with Crippen LogP contribution in [-0.2, 0) is 16.4 Å². The lowest BCUT2D eigenvalue weighted by Crippen LogP contribution is -2.40. The van der Waals surface area contributed by atoms with Crippen molar-refractivity contribution < 1.29 is 8.42 Å². The molecule has 0 radical (unpaired) electrons. The predicted molar refractivity (Wildman–Crippen MR) is 67.2 cm³/mol. The molecule has 1 heterocycles. The van der Waals surface area contributed by atoms with Gasteiger partial charge in [-0.2, -0.15) is 0 Å². The molecule has 7 heteroatoms. The highest BCUT2D eigenvalue weighted by molar-refractivity contribution is 7.89. The number of H-pyrrole nitrogens is 1. The van der Waals surface area contributed by atoms with E-state index in [-0.39, 0.29) is 11.8 Å². The molecule has 0 aliphatic carbocycles. The normalized spacial score (nSPS) is 13.8. The van der Waals surface area contributed by atoms with Gasteiger partial charge in [-0.15, -0.1) is 0 Å². The number of rotatable bonds is 8. The Morgan fingerprint density at radius 1 is 1.53 bits per heavy atom. The van der Waals surface area contributed by atoms with Crippen LogP contribution in [0.2, 0.25) is 0 Å². The van der Waals surface area contributed by atoms with Gasteiger partial charge in [0, 0.05) is 37.9 Å². The molecule has 1 aromatic rings. The summed E-state index contributed by atoms with van der Waals surface area (Å²) < 4.78 is 25.0. The minimum absolute atomic E-state index is 0.103. The van der Waals surface area contributed by atoms with Crippen LogP contribution in [0, 0.1) is 0 Å². The van der Waals surface area contributed by atoms with Gasteiger partial charge in [0.2, 0.25) is 10.0 Å². The summed E-state index contributed by atoms with van der Waals surface area (Å²) in [6, 6.07) is 0.103. The van der Waals surface area contributed by atoms with Gasteiger partial charge >= 0.3 is 0 Å². The van der Waals surface area contributed by atoms with Gasteiger partial charge in [0.1, 0.15) is 5.82 Å². The molecule has 0 aliphatic heterocycles. The zero-order chi connectivity index (χ0) is 12.7. The molecule has 0 spiro atoms. The van der Waals surface area contributed by atoms with Gasteiger partial charge in [-0.3, -0.25) is 0 Å². The highest BCUT2D eigenvalue weighted by atomic mass is 32.2. The van der Waals surface area contributed by atoms with Crippen molar-refractivity contribution in [2.75, 3.05) is 18.8 Å². The van der Waals surface area contributed by atoms with Crippen LogP contribution < -0.4 is 10.0 Å². The van der Waals surface area contributed by atoms with Crippen molar-refractivity contribution in [2.24, 2.45) is 0 Å². The second-order valence-electron chi connectivity index (χ2n) is 3.89. The van der Waals surface area contributed by atoms with Crippen LogP contribution >= 0.6 is 0 Å². The molecule has 1 atom stereocenters. The molecular formula is C10H20N4O2S. The Morgan fingerprint density at radius 3 is 2.88 bits per heavy atom. The van der Waals surface area contributed by atoms with E-state index in [1.54, 1.807) is 19.3 Å². The van der Waals surface area contributed by atoms with Gasteiger partial charge in [0.15, 0.2) is 0 Å². The summed E-state index contributed by atoms with van der Waals surface area (Å²) in [6.45, 7) is 4.74. The maximum absolute atomic E-state index is 11.2. The van der Waals surface area contributed by atoms with Crippen molar-refractivity contribution >= 4 is 10.0 Å². The zero-order valence-corrected chi connectivity index (χ0v) is 11.0. The Kier molecular flexibility index (Phi) is 5.60. The molecule has 0 aromatic carbocycles. The molecule has 0 aliphatic rings. The first-order valence-electron chi connectivity index (χ1n) is 5.72. The fourth-order valence-corrected chi connectivity index (χ4v) is 2.01. The standard InChI is InChI=1S/C10H20N4O2S/c1-3-17(15,16)14-8-9(2)11-5-4-10-12-6-7-13-10/h6-7,9,11,14H,3-5,8H2,1-2H3,(H,12,13)/t9-/m1/s1. The lowest BCUT2D eigenvalue weighted by Gasteiger charge is -2.13. The van der Waals surface area contributed by atoms with Gasteiger partial charge in [0.05, 0.1) is 5.75 Å². The average molecular weight is 260 g/mol. The van der Waals surface area contributed by atoms with Gasteiger partial charge in [-0.05, 0) is 13.8 Å². The van der Waals surface area contributed by atoms with Crippen LogP contribution in [0.5, 0.6) is 0 Å². The van der Waals surface area contributed by atoms with Crippen LogP contribution in [0.3, 0.4) is 0 Å². The number of hydrogen-bond acceptors (Lipinski definition) is 4. The zero-order valence-electron chi connectivity index (χ0n) is 10.2. The lowest BCUT2D eigenvalue weighted by atomic mass is 10.3. The highest BCUT2D eigenvalue weighted by Crippen LogP contribution is 1.90. The lowest BCUT2D eigenvalue weighted by molar-refractivity contribution is 0.524. The molecule has 0 fully saturated rings.